The minimum absolute atomic E-state index is 0.0315. The number of carbonyl (C=O) groups is 4. The Labute approximate surface area is 160 Å². The summed E-state index contributed by atoms with van der Waals surface area (Å²) in [5.41, 5.74) is 0. The molecule has 1 heterocycles. The lowest BCUT2D eigenvalue weighted by atomic mass is 10.1. The van der Waals surface area contributed by atoms with Crippen molar-refractivity contribution in [3.05, 3.63) is 0 Å². The van der Waals surface area contributed by atoms with E-state index in [0.29, 0.717) is 45.9 Å². The van der Waals surface area contributed by atoms with Crippen LogP contribution in [0.4, 0.5) is 0 Å². The zero-order valence-corrected chi connectivity index (χ0v) is 17.0. The van der Waals surface area contributed by atoms with Crippen molar-refractivity contribution < 1.29 is 33.4 Å². The van der Waals surface area contributed by atoms with Gasteiger partial charge in [0, 0.05) is 13.1 Å². The molecule has 27 heavy (non-hydrogen) atoms. The zero-order chi connectivity index (χ0) is 20.8. The van der Waals surface area contributed by atoms with Gasteiger partial charge in [0.15, 0.2) is 5.78 Å². The summed E-state index contributed by atoms with van der Waals surface area (Å²) in [5.74, 6) is -1.48. The van der Waals surface area contributed by atoms with Crippen LogP contribution in [0.5, 0.6) is 0 Å². The zero-order valence-electron chi connectivity index (χ0n) is 17.0. The first-order valence-electron chi connectivity index (χ1n) is 9.12. The predicted octanol–water partition coefficient (Wildman–Crippen LogP) is 0.115. The number of hydrogen-bond acceptors (Lipinski definition) is 9. The van der Waals surface area contributed by atoms with E-state index in [4.69, 9.17) is 14.2 Å². The first-order valence-corrected chi connectivity index (χ1v) is 9.12. The highest BCUT2D eigenvalue weighted by atomic mass is 16.5. The molecule has 1 unspecified atom stereocenters. The summed E-state index contributed by atoms with van der Waals surface area (Å²) < 4.78 is 14.3. The second-order valence-corrected chi connectivity index (χ2v) is 6.07. The summed E-state index contributed by atoms with van der Waals surface area (Å²) in [6.45, 7) is 7.93. The van der Waals surface area contributed by atoms with Crippen molar-refractivity contribution in [2.24, 2.45) is 5.92 Å². The largest absolute Gasteiger partial charge is 0.466 e. The van der Waals surface area contributed by atoms with Gasteiger partial charge in [-0.1, -0.05) is 0 Å². The van der Waals surface area contributed by atoms with Gasteiger partial charge in [-0.15, -0.1) is 0 Å². The van der Waals surface area contributed by atoms with Crippen LogP contribution in [0, 0.1) is 5.92 Å². The molecule has 0 N–H and O–H groups in total. The first kappa shape index (κ1) is 25.0. The fraction of sp³-hybridized carbons (Fsp3) is 0.778. The number of rotatable bonds is 9. The molecule has 1 rings (SSSR count). The summed E-state index contributed by atoms with van der Waals surface area (Å²) >= 11 is 0. The molecule has 1 saturated heterocycles. The lowest BCUT2D eigenvalue weighted by Crippen LogP contribution is -2.29. The van der Waals surface area contributed by atoms with Crippen molar-refractivity contribution in [2.45, 2.75) is 27.2 Å². The van der Waals surface area contributed by atoms with Gasteiger partial charge in [0.2, 0.25) is 0 Å². The lowest BCUT2D eigenvalue weighted by Gasteiger charge is -2.14. The summed E-state index contributed by atoms with van der Waals surface area (Å²) in [4.78, 5) is 47.9. The van der Waals surface area contributed by atoms with E-state index in [2.05, 4.69) is 0 Å². The van der Waals surface area contributed by atoms with Crippen molar-refractivity contribution in [1.29, 1.82) is 0 Å². The molecule has 0 aromatic carbocycles. The molecule has 1 fully saturated rings. The summed E-state index contributed by atoms with van der Waals surface area (Å²) in [6.07, 6.45) is 0.295. The van der Waals surface area contributed by atoms with E-state index in [1.807, 2.05) is 11.9 Å². The van der Waals surface area contributed by atoms with Crippen LogP contribution in [0.3, 0.4) is 0 Å². The van der Waals surface area contributed by atoms with Gasteiger partial charge in [-0.3, -0.25) is 29.0 Å². The van der Waals surface area contributed by atoms with E-state index < -0.39 is 5.92 Å². The molecule has 0 aromatic rings. The van der Waals surface area contributed by atoms with Crippen LogP contribution in [0.2, 0.25) is 0 Å². The second-order valence-electron chi connectivity index (χ2n) is 6.07. The molecule has 9 heteroatoms. The van der Waals surface area contributed by atoms with Crippen LogP contribution >= 0.6 is 0 Å². The number of likely N-dealkylation sites (N-methyl/N-ethyl adjacent to an activating group) is 2. The molecule has 0 spiro atoms. The van der Waals surface area contributed by atoms with Crippen LogP contribution in [-0.4, -0.2) is 93.6 Å². The van der Waals surface area contributed by atoms with Crippen molar-refractivity contribution in [3.8, 4) is 0 Å². The Morgan fingerprint density at radius 2 is 1.59 bits per heavy atom. The molecule has 1 aliphatic rings. The Kier molecular flexibility index (Phi) is 13.1. The Bertz CT molecular complexity index is 496. The Hall–Kier alpha value is -2.00. The highest BCUT2D eigenvalue weighted by Gasteiger charge is 2.35. The molecular weight excluding hydrogens is 356 g/mol. The highest BCUT2D eigenvalue weighted by Crippen LogP contribution is 2.12. The van der Waals surface area contributed by atoms with E-state index >= 15 is 0 Å². The van der Waals surface area contributed by atoms with Crippen LogP contribution in [-0.2, 0) is 33.4 Å². The van der Waals surface area contributed by atoms with E-state index in [1.54, 1.807) is 32.7 Å². The number of hydrogen-bond donors (Lipinski definition) is 0. The maximum Gasteiger partial charge on any atom is 0.320 e. The van der Waals surface area contributed by atoms with Crippen LogP contribution < -0.4 is 0 Å². The van der Waals surface area contributed by atoms with Gasteiger partial charge < -0.3 is 14.2 Å². The Morgan fingerprint density at radius 1 is 1.04 bits per heavy atom. The van der Waals surface area contributed by atoms with Gasteiger partial charge in [-0.05, 0) is 34.9 Å². The number of esters is 3. The van der Waals surface area contributed by atoms with Gasteiger partial charge in [0.1, 0.15) is 5.92 Å². The fourth-order valence-corrected chi connectivity index (χ4v) is 2.32. The average Bonchev–Trinajstić information content (AvgIpc) is 2.93. The van der Waals surface area contributed by atoms with Gasteiger partial charge in [-0.2, -0.15) is 0 Å². The SMILES string of the molecule is CCOC(=O)C1CN(C)CC1=O.CCOC(=O)CCN(C)CC(=O)OCC. The summed E-state index contributed by atoms with van der Waals surface area (Å²) in [6, 6.07) is 0. The summed E-state index contributed by atoms with van der Waals surface area (Å²) in [7, 11) is 3.58. The number of Topliss-reactive ketones (excluding diaryl/α,β-unsaturated/α-hetero) is 1. The normalized spacial score (nSPS) is 16.5. The minimum atomic E-state index is -0.546. The van der Waals surface area contributed by atoms with Crippen molar-refractivity contribution in [3.63, 3.8) is 0 Å². The molecule has 0 radical (unpaired) electrons. The average molecular weight is 388 g/mol. The standard InChI is InChI=1S/C10H19NO4.C8H13NO3/c1-4-14-9(12)6-7-11(3)8-10(13)15-5-2;1-3-12-8(11)6-4-9(2)5-7(6)10/h4-8H2,1-3H3;6H,3-5H2,1-2H3. The highest BCUT2D eigenvalue weighted by molar-refractivity contribution is 6.01. The van der Waals surface area contributed by atoms with Gasteiger partial charge in [-0.25, -0.2) is 0 Å². The van der Waals surface area contributed by atoms with Crippen molar-refractivity contribution in [2.75, 3.05) is 60.1 Å². The van der Waals surface area contributed by atoms with E-state index in [9.17, 15) is 19.2 Å². The predicted molar refractivity (Wildman–Crippen MR) is 98.0 cm³/mol. The number of likely N-dealkylation sites (tertiary alicyclic amines) is 1. The molecule has 1 atom stereocenters. The van der Waals surface area contributed by atoms with E-state index in [-0.39, 0.29) is 30.2 Å². The van der Waals surface area contributed by atoms with Gasteiger partial charge in [0.05, 0.1) is 39.3 Å². The van der Waals surface area contributed by atoms with E-state index in [0.717, 1.165) is 0 Å². The molecular formula is C18H32N2O7. The maximum atomic E-state index is 11.2. The van der Waals surface area contributed by atoms with Crippen LogP contribution in [0.15, 0.2) is 0 Å². The quantitative estimate of drug-likeness (QED) is 0.309. The lowest BCUT2D eigenvalue weighted by molar-refractivity contribution is -0.150. The van der Waals surface area contributed by atoms with Gasteiger partial charge >= 0.3 is 17.9 Å². The van der Waals surface area contributed by atoms with Crippen LogP contribution in [0.1, 0.15) is 27.2 Å². The monoisotopic (exact) mass is 388 g/mol. The number of nitrogens with zero attached hydrogens (tertiary/aromatic N) is 2. The van der Waals surface area contributed by atoms with Crippen molar-refractivity contribution >= 4 is 23.7 Å². The smallest absolute Gasteiger partial charge is 0.320 e. The third-order valence-corrected chi connectivity index (χ3v) is 3.59. The first-order chi connectivity index (χ1) is 12.7. The number of carbonyl (C=O) groups excluding carboxylic acids is 4. The topological polar surface area (TPSA) is 102 Å². The third-order valence-electron chi connectivity index (χ3n) is 3.59. The summed E-state index contributed by atoms with van der Waals surface area (Å²) in [5, 5.41) is 0. The molecule has 0 aliphatic carbocycles. The second kappa shape index (κ2) is 14.1. The number of ether oxygens (including phenoxy) is 3. The molecule has 0 saturated carbocycles. The fourth-order valence-electron chi connectivity index (χ4n) is 2.32. The van der Waals surface area contributed by atoms with E-state index in [1.165, 1.54) is 0 Å². The molecule has 1 aliphatic heterocycles. The number of ketones is 1. The van der Waals surface area contributed by atoms with Gasteiger partial charge in [0.25, 0.3) is 0 Å². The Balaban J connectivity index is 0.000000511. The molecule has 156 valence electrons. The van der Waals surface area contributed by atoms with Crippen molar-refractivity contribution in [1.82, 2.24) is 9.80 Å². The van der Waals surface area contributed by atoms with Crippen LogP contribution in [0.25, 0.3) is 0 Å². The molecule has 0 amide bonds. The Morgan fingerprint density at radius 3 is 2.07 bits per heavy atom. The molecule has 0 bridgehead atoms. The third kappa shape index (κ3) is 11.3. The molecule has 0 aromatic heterocycles. The molecule has 9 nitrogen and oxygen atoms in total. The minimum Gasteiger partial charge on any atom is -0.466 e. The maximum absolute atomic E-state index is 11.2.